The zero-order valence-electron chi connectivity index (χ0n) is 8.40. The second-order valence-electron chi connectivity index (χ2n) is 3.30. The van der Waals surface area contributed by atoms with Crippen LogP contribution in [0.1, 0.15) is 15.9 Å². The molecule has 0 bridgehead atoms. The molecule has 0 aliphatic heterocycles. The summed E-state index contributed by atoms with van der Waals surface area (Å²) in [7, 11) is 1.78. The first-order valence-corrected chi connectivity index (χ1v) is 4.64. The van der Waals surface area contributed by atoms with E-state index in [0.29, 0.717) is 12.1 Å². The molecule has 15 heavy (non-hydrogen) atoms. The Kier molecular flexibility index (Phi) is 2.53. The third kappa shape index (κ3) is 2.25. The van der Waals surface area contributed by atoms with Crippen LogP contribution in [0.25, 0.3) is 0 Å². The molecule has 2 N–H and O–H groups in total. The van der Waals surface area contributed by atoms with E-state index in [2.05, 4.69) is 15.4 Å². The summed E-state index contributed by atoms with van der Waals surface area (Å²) in [5.74, 6) is -0.107. The lowest BCUT2D eigenvalue weighted by molar-refractivity contribution is 0.0951. The Balaban J connectivity index is 1.93. The van der Waals surface area contributed by atoms with Crippen molar-refractivity contribution in [3.63, 3.8) is 0 Å². The number of nitrogens with zero attached hydrogens (tertiary/aromatic N) is 2. The fourth-order valence-electron chi connectivity index (χ4n) is 1.29. The summed E-state index contributed by atoms with van der Waals surface area (Å²) < 4.78 is 1.60. The maximum absolute atomic E-state index is 11.6. The van der Waals surface area contributed by atoms with Crippen LogP contribution in [0.2, 0.25) is 0 Å². The molecule has 2 rings (SSSR count). The Bertz CT molecular complexity index is 444. The van der Waals surface area contributed by atoms with Gasteiger partial charge in [-0.05, 0) is 11.6 Å². The molecule has 1 amide bonds. The van der Waals surface area contributed by atoms with Crippen LogP contribution in [-0.2, 0) is 13.6 Å². The van der Waals surface area contributed by atoms with Crippen LogP contribution in [0.5, 0.6) is 0 Å². The highest BCUT2D eigenvalue weighted by molar-refractivity contribution is 5.93. The third-order valence-corrected chi connectivity index (χ3v) is 2.08. The van der Waals surface area contributed by atoms with Gasteiger partial charge in [-0.3, -0.25) is 9.48 Å². The minimum atomic E-state index is -0.107. The van der Waals surface area contributed by atoms with Crippen molar-refractivity contribution in [2.45, 2.75) is 6.54 Å². The van der Waals surface area contributed by atoms with Crippen LogP contribution in [-0.4, -0.2) is 20.7 Å². The zero-order valence-corrected chi connectivity index (χ0v) is 8.40. The van der Waals surface area contributed by atoms with Gasteiger partial charge in [0.25, 0.3) is 5.91 Å². The minimum absolute atomic E-state index is 0.107. The molecule has 5 heteroatoms. The van der Waals surface area contributed by atoms with Gasteiger partial charge in [-0.25, -0.2) is 0 Å². The van der Waals surface area contributed by atoms with Crippen molar-refractivity contribution in [3.8, 4) is 0 Å². The molecular weight excluding hydrogens is 192 g/mol. The van der Waals surface area contributed by atoms with Gasteiger partial charge >= 0.3 is 0 Å². The number of aryl methyl sites for hydroxylation is 1. The Morgan fingerprint density at radius 2 is 2.53 bits per heavy atom. The monoisotopic (exact) mass is 204 g/mol. The summed E-state index contributed by atoms with van der Waals surface area (Å²) in [6.45, 7) is 0.525. The van der Waals surface area contributed by atoms with Gasteiger partial charge in [-0.15, -0.1) is 0 Å². The van der Waals surface area contributed by atoms with Gasteiger partial charge in [0.05, 0.1) is 11.8 Å². The van der Waals surface area contributed by atoms with E-state index in [1.165, 1.54) is 0 Å². The second kappa shape index (κ2) is 4.00. The molecule has 0 fully saturated rings. The fraction of sp³-hybridized carbons (Fsp3) is 0.200. The van der Waals surface area contributed by atoms with E-state index < -0.39 is 0 Å². The Hall–Kier alpha value is -2.04. The molecule has 0 unspecified atom stereocenters. The smallest absolute Gasteiger partial charge is 0.254 e. The second-order valence-corrected chi connectivity index (χ2v) is 3.30. The topological polar surface area (TPSA) is 62.7 Å². The van der Waals surface area contributed by atoms with Crippen molar-refractivity contribution < 1.29 is 4.79 Å². The van der Waals surface area contributed by atoms with Crippen molar-refractivity contribution in [2.24, 2.45) is 7.05 Å². The SMILES string of the molecule is Cn1cc(C(=O)NCc2cc[nH]c2)cn1. The molecule has 0 aromatic carbocycles. The number of aromatic nitrogens is 3. The van der Waals surface area contributed by atoms with Gasteiger partial charge < -0.3 is 10.3 Å². The van der Waals surface area contributed by atoms with Gasteiger partial charge in [0, 0.05) is 32.2 Å². The largest absolute Gasteiger partial charge is 0.367 e. The van der Waals surface area contributed by atoms with Gasteiger partial charge in [0.15, 0.2) is 0 Å². The van der Waals surface area contributed by atoms with Crippen molar-refractivity contribution in [1.82, 2.24) is 20.1 Å². The summed E-state index contributed by atoms with van der Waals surface area (Å²) >= 11 is 0. The molecule has 0 aliphatic rings. The van der Waals surface area contributed by atoms with E-state index in [4.69, 9.17) is 0 Å². The lowest BCUT2D eigenvalue weighted by atomic mass is 10.3. The average molecular weight is 204 g/mol. The number of carbonyl (C=O) groups excluding carboxylic acids is 1. The number of nitrogens with one attached hydrogen (secondary N) is 2. The lowest BCUT2D eigenvalue weighted by Crippen LogP contribution is -2.22. The lowest BCUT2D eigenvalue weighted by Gasteiger charge is -2.00. The summed E-state index contributed by atoms with van der Waals surface area (Å²) in [5, 5.41) is 6.73. The maximum atomic E-state index is 11.6. The van der Waals surface area contributed by atoms with Crippen LogP contribution in [0.15, 0.2) is 30.9 Å². The van der Waals surface area contributed by atoms with E-state index >= 15 is 0 Å². The number of carbonyl (C=O) groups is 1. The summed E-state index contributed by atoms with van der Waals surface area (Å²) in [6, 6.07) is 1.92. The third-order valence-electron chi connectivity index (χ3n) is 2.08. The Morgan fingerprint density at radius 3 is 3.13 bits per heavy atom. The van der Waals surface area contributed by atoms with E-state index in [1.54, 1.807) is 24.1 Å². The molecule has 0 aliphatic carbocycles. The van der Waals surface area contributed by atoms with Gasteiger partial charge in [0.2, 0.25) is 0 Å². The molecule has 2 aromatic rings. The Labute approximate surface area is 87.1 Å². The first-order valence-electron chi connectivity index (χ1n) is 4.64. The molecule has 2 heterocycles. The molecule has 0 saturated carbocycles. The maximum Gasteiger partial charge on any atom is 0.254 e. The highest BCUT2D eigenvalue weighted by Gasteiger charge is 2.06. The molecule has 0 atom stereocenters. The van der Waals surface area contributed by atoms with Crippen molar-refractivity contribution in [3.05, 3.63) is 42.0 Å². The van der Waals surface area contributed by atoms with Crippen LogP contribution >= 0.6 is 0 Å². The van der Waals surface area contributed by atoms with Crippen LogP contribution < -0.4 is 5.32 Å². The predicted molar refractivity (Wildman–Crippen MR) is 55.2 cm³/mol. The first-order chi connectivity index (χ1) is 7.25. The predicted octanol–water partition coefficient (Wildman–Crippen LogP) is 0.678. The number of rotatable bonds is 3. The number of amides is 1. The van der Waals surface area contributed by atoms with Crippen molar-refractivity contribution in [2.75, 3.05) is 0 Å². The quantitative estimate of drug-likeness (QED) is 0.772. The first kappa shape index (κ1) is 9.51. The van der Waals surface area contributed by atoms with Gasteiger partial charge in [0.1, 0.15) is 0 Å². The van der Waals surface area contributed by atoms with E-state index in [0.717, 1.165) is 5.56 Å². The standard InChI is InChI=1S/C10H12N4O/c1-14-7-9(6-13-14)10(15)12-5-8-2-3-11-4-8/h2-4,6-7,11H,5H2,1H3,(H,12,15). The van der Waals surface area contributed by atoms with Crippen LogP contribution in [0, 0.1) is 0 Å². The van der Waals surface area contributed by atoms with Crippen molar-refractivity contribution >= 4 is 5.91 Å². The number of H-pyrrole nitrogens is 1. The number of hydrogen-bond acceptors (Lipinski definition) is 2. The van der Waals surface area contributed by atoms with E-state index in [-0.39, 0.29) is 5.91 Å². The number of hydrogen-bond donors (Lipinski definition) is 2. The van der Waals surface area contributed by atoms with Gasteiger partial charge in [-0.2, -0.15) is 5.10 Å². The Morgan fingerprint density at radius 1 is 1.67 bits per heavy atom. The van der Waals surface area contributed by atoms with Crippen LogP contribution in [0.4, 0.5) is 0 Å². The highest BCUT2D eigenvalue weighted by atomic mass is 16.1. The van der Waals surface area contributed by atoms with Crippen LogP contribution in [0.3, 0.4) is 0 Å². The summed E-state index contributed by atoms with van der Waals surface area (Å²) in [6.07, 6.45) is 6.91. The van der Waals surface area contributed by atoms with Crippen molar-refractivity contribution in [1.29, 1.82) is 0 Å². The number of aromatic amines is 1. The minimum Gasteiger partial charge on any atom is -0.367 e. The molecule has 78 valence electrons. The summed E-state index contributed by atoms with van der Waals surface area (Å²) in [5.41, 5.74) is 1.63. The average Bonchev–Trinajstić information content (AvgIpc) is 2.84. The molecular formula is C10H12N4O. The van der Waals surface area contributed by atoms with E-state index in [9.17, 15) is 4.79 Å². The molecule has 0 saturated heterocycles. The fourth-order valence-corrected chi connectivity index (χ4v) is 1.29. The molecule has 2 aromatic heterocycles. The van der Waals surface area contributed by atoms with E-state index in [1.807, 2.05) is 18.5 Å². The molecule has 0 spiro atoms. The van der Waals surface area contributed by atoms with Gasteiger partial charge in [-0.1, -0.05) is 0 Å². The molecule has 0 radical (unpaired) electrons. The normalized spacial score (nSPS) is 10.2. The summed E-state index contributed by atoms with van der Waals surface area (Å²) in [4.78, 5) is 14.5. The molecule has 5 nitrogen and oxygen atoms in total. The highest BCUT2D eigenvalue weighted by Crippen LogP contribution is 1.99. The zero-order chi connectivity index (χ0) is 10.7.